The Hall–Kier alpha value is -0.240. The van der Waals surface area contributed by atoms with Gasteiger partial charge in [-0.25, -0.2) is 0 Å². The van der Waals surface area contributed by atoms with Crippen molar-refractivity contribution in [3.8, 4) is 0 Å². The first-order valence-corrected chi connectivity index (χ1v) is 3.92. The topological polar surface area (TPSA) is 99.4 Å². The third kappa shape index (κ3) is 1.56. The van der Waals surface area contributed by atoms with Gasteiger partial charge in [0.2, 0.25) is 5.79 Å². The predicted octanol–water partition coefficient (Wildman–Crippen LogP) is -2.57. The molecule has 0 radical (unpaired) electrons. The van der Waals surface area contributed by atoms with Crippen LogP contribution in [0.3, 0.4) is 0 Å². The summed E-state index contributed by atoms with van der Waals surface area (Å²) in [7, 11) is 1.24. The highest BCUT2D eigenvalue weighted by molar-refractivity contribution is 4.95. The SMILES string of the molecule is CO[C@@]1(CO)O[C@H](CO)[C@@H](O)[C@H]1O. The zero-order chi connectivity index (χ0) is 10.1. The van der Waals surface area contributed by atoms with Gasteiger partial charge < -0.3 is 29.9 Å². The molecule has 4 atom stereocenters. The molecule has 1 fully saturated rings. The average Bonchev–Trinajstić information content (AvgIpc) is 2.42. The van der Waals surface area contributed by atoms with Crippen LogP contribution < -0.4 is 0 Å². The van der Waals surface area contributed by atoms with Crippen molar-refractivity contribution >= 4 is 0 Å². The molecule has 0 saturated carbocycles. The standard InChI is InChI=1S/C7H14O6/c1-12-7(3-9)6(11)5(10)4(2-8)13-7/h4-6,8-11H,2-3H2,1H3/t4-,5-,6-,7+/m1/s1. The molecule has 1 saturated heterocycles. The summed E-state index contributed by atoms with van der Waals surface area (Å²) in [5, 5.41) is 36.4. The largest absolute Gasteiger partial charge is 0.394 e. The van der Waals surface area contributed by atoms with Gasteiger partial charge in [-0.1, -0.05) is 0 Å². The lowest BCUT2D eigenvalue weighted by Gasteiger charge is -2.27. The first-order valence-electron chi connectivity index (χ1n) is 3.92. The zero-order valence-corrected chi connectivity index (χ0v) is 7.25. The second-order valence-corrected chi connectivity index (χ2v) is 2.95. The smallest absolute Gasteiger partial charge is 0.221 e. The first-order chi connectivity index (χ1) is 6.11. The van der Waals surface area contributed by atoms with Crippen LogP contribution in [-0.4, -0.2) is 64.8 Å². The molecule has 0 aromatic heterocycles. The zero-order valence-electron chi connectivity index (χ0n) is 7.25. The number of hydrogen-bond donors (Lipinski definition) is 4. The van der Waals surface area contributed by atoms with Crippen LogP contribution in [0.5, 0.6) is 0 Å². The highest BCUT2D eigenvalue weighted by atomic mass is 16.7. The highest BCUT2D eigenvalue weighted by Crippen LogP contribution is 2.31. The van der Waals surface area contributed by atoms with Crippen LogP contribution in [0.2, 0.25) is 0 Å². The molecule has 0 aromatic carbocycles. The van der Waals surface area contributed by atoms with Gasteiger partial charge in [-0.15, -0.1) is 0 Å². The normalized spacial score (nSPS) is 45.5. The molecule has 1 aliphatic rings. The lowest BCUT2D eigenvalue weighted by molar-refractivity contribution is -0.263. The van der Waals surface area contributed by atoms with Crippen LogP contribution in [-0.2, 0) is 9.47 Å². The lowest BCUT2D eigenvalue weighted by atomic mass is 10.1. The number of ether oxygens (including phenoxy) is 2. The summed E-state index contributed by atoms with van der Waals surface area (Å²) in [6.07, 6.45) is -3.54. The van der Waals surface area contributed by atoms with E-state index in [1.165, 1.54) is 7.11 Å². The van der Waals surface area contributed by atoms with Crippen molar-refractivity contribution in [3.05, 3.63) is 0 Å². The predicted molar refractivity (Wildman–Crippen MR) is 40.8 cm³/mol. The molecule has 0 bridgehead atoms. The maximum absolute atomic E-state index is 9.44. The molecule has 0 spiro atoms. The summed E-state index contributed by atoms with van der Waals surface area (Å²) in [6.45, 7) is -1.03. The quantitative estimate of drug-likeness (QED) is 0.394. The number of aliphatic hydroxyl groups excluding tert-OH is 4. The summed E-state index contributed by atoms with van der Waals surface area (Å²) < 4.78 is 9.77. The molecule has 6 heteroatoms. The lowest BCUT2D eigenvalue weighted by Crippen LogP contribution is -2.47. The molecule has 78 valence electrons. The van der Waals surface area contributed by atoms with Crippen molar-refractivity contribution in [2.24, 2.45) is 0 Å². The second kappa shape index (κ2) is 3.87. The van der Waals surface area contributed by atoms with Crippen molar-refractivity contribution in [2.75, 3.05) is 20.3 Å². The summed E-state index contributed by atoms with van der Waals surface area (Å²) in [4.78, 5) is 0. The first kappa shape index (κ1) is 10.8. The van der Waals surface area contributed by atoms with Crippen molar-refractivity contribution in [1.82, 2.24) is 0 Å². The Labute approximate surface area is 75.3 Å². The summed E-state index contributed by atoms with van der Waals surface area (Å²) in [6, 6.07) is 0. The molecule has 0 aromatic rings. The van der Waals surface area contributed by atoms with E-state index in [0.717, 1.165) is 0 Å². The molecule has 4 N–H and O–H groups in total. The molecular formula is C7H14O6. The van der Waals surface area contributed by atoms with Gasteiger partial charge in [0.05, 0.1) is 6.61 Å². The van der Waals surface area contributed by atoms with Gasteiger partial charge in [-0.05, 0) is 0 Å². The Morgan fingerprint density at radius 2 is 2.00 bits per heavy atom. The molecule has 1 heterocycles. The van der Waals surface area contributed by atoms with Crippen LogP contribution in [0.15, 0.2) is 0 Å². The van der Waals surface area contributed by atoms with Crippen LogP contribution >= 0.6 is 0 Å². The minimum atomic E-state index is -1.62. The van der Waals surface area contributed by atoms with Crippen LogP contribution in [0.4, 0.5) is 0 Å². The second-order valence-electron chi connectivity index (χ2n) is 2.95. The number of aliphatic hydroxyl groups is 4. The van der Waals surface area contributed by atoms with E-state index in [9.17, 15) is 10.2 Å². The van der Waals surface area contributed by atoms with Gasteiger partial charge in [-0.2, -0.15) is 0 Å². The molecule has 6 nitrogen and oxygen atoms in total. The van der Waals surface area contributed by atoms with E-state index in [1.54, 1.807) is 0 Å². The van der Waals surface area contributed by atoms with Gasteiger partial charge in [0.1, 0.15) is 24.9 Å². The van der Waals surface area contributed by atoms with E-state index in [-0.39, 0.29) is 0 Å². The van der Waals surface area contributed by atoms with Gasteiger partial charge >= 0.3 is 0 Å². The molecule has 1 aliphatic heterocycles. The molecule has 0 unspecified atom stereocenters. The Bertz CT molecular complexity index is 168. The van der Waals surface area contributed by atoms with Crippen LogP contribution in [0.25, 0.3) is 0 Å². The third-order valence-corrected chi connectivity index (χ3v) is 2.25. The van der Waals surface area contributed by atoms with Gasteiger partial charge in [0.25, 0.3) is 0 Å². The fourth-order valence-corrected chi connectivity index (χ4v) is 1.37. The van der Waals surface area contributed by atoms with Crippen molar-refractivity contribution in [2.45, 2.75) is 24.1 Å². The third-order valence-electron chi connectivity index (χ3n) is 2.25. The van der Waals surface area contributed by atoms with Crippen LogP contribution in [0.1, 0.15) is 0 Å². The summed E-state index contributed by atoms with van der Waals surface area (Å²) in [5.41, 5.74) is 0. The fraction of sp³-hybridized carbons (Fsp3) is 1.00. The highest BCUT2D eigenvalue weighted by Gasteiger charge is 2.54. The summed E-state index contributed by atoms with van der Waals surface area (Å²) in [5.74, 6) is -1.62. The van der Waals surface area contributed by atoms with Crippen molar-refractivity contribution < 1.29 is 29.9 Å². The number of rotatable bonds is 3. The fourth-order valence-electron chi connectivity index (χ4n) is 1.37. The van der Waals surface area contributed by atoms with E-state index < -0.39 is 37.3 Å². The Kier molecular flexibility index (Phi) is 3.23. The minimum absolute atomic E-state index is 0.441. The Morgan fingerprint density at radius 1 is 1.38 bits per heavy atom. The molecule has 1 rings (SSSR count). The monoisotopic (exact) mass is 194 g/mol. The van der Waals surface area contributed by atoms with E-state index in [1.807, 2.05) is 0 Å². The van der Waals surface area contributed by atoms with E-state index in [0.29, 0.717) is 0 Å². The Balaban J connectivity index is 2.79. The molecular weight excluding hydrogens is 180 g/mol. The van der Waals surface area contributed by atoms with E-state index in [4.69, 9.17) is 19.7 Å². The maximum atomic E-state index is 9.44. The van der Waals surface area contributed by atoms with Gasteiger partial charge in [0, 0.05) is 7.11 Å². The minimum Gasteiger partial charge on any atom is -0.394 e. The van der Waals surface area contributed by atoms with Crippen LogP contribution in [0, 0.1) is 0 Å². The van der Waals surface area contributed by atoms with Crippen molar-refractivity contribution in [1.29, 1.82) is 0 Å². The average molecular weight is 194 g/mol. The number of hydrogen-bond acceptors (Lipinski definition) is 6. The maximum Gasteiger partial charge on any atom is 0.221 e. The number of methoxy groups -OCH3 is 1. The Morgan fingerprint density at radius 3 is 2.23 bits per heavy atom. The molecule has 0 aliphatic carbocycles. The molecule has 0 amide bonds. The van der Waals surface area contributed by atoms with E-state index >= 15 is 0 Å². The summed E-state index contributed by atoms with van der Waals surface area (Å²) >= 11 is 0. The van der Waals surface area contributed by atoms with Crippen molar-refractivity contribution in [3.63, 3.8) is 0 Å². The van der Waals surface area contributed by atoms with Gasteiger partial charge in [-0.3, -0.25) is 0 Å². The van der Waals surface area contributed by atoms with E-state index in [2.05, 4.69) is 0 Å². The molecule has 13 heavy (non-hydrogen) atoms. The van der Waals surface area contributed by atoms with Gasteiger partial charge in [0.15, 0.2) is 0 Å².